The summed E-state index contributed by atoms with van der Waals surface area (Å²) >= 11 is 6.42. The summed E-state index contributed by atoms with van der Waals surface area (Å²) in [5.41, 5.74) is 6.21. The van der Waals surface area contributed by atoms with E-state index < -0.39 is 16.1 Å². The van der Waals surface area contributed by atoms with Gasteiger partial charge in [0, 0.05) is 25.9 Å². The summed E-state index contributed by atoms with van der Waals surface area (Å²) in [6.07, 6.45) is 3.30. The molecule has 2 aromatic heterocycles. The molecule has 0 aliphatic carbocycles. The van der Waals surface area contributed by atoms with Crippen LogP contribution in [0.2, 0.25) is 5.02 Å². The maximum atomic E-state index is 12.4. The molecular weight excluding hydrogens is 434 g/mol. The molecule has 6 heteroatoms. The maximum absolute atomic E-state index is 12.4. The minimum absolute atomic E-state index is 0.428. The van der Waals surface area contributed by atoms with E-state index in [9.17, 15) is 4.55 Å². The molecule has 0 amide bonds. The van der Waals surface area contributed by atoms with E-state index >= 15 is 0 Å². The van der Waals surface area contributed by atoms with E-state index in [4.69, 9.17) is 16.0 Å². The van der Waals surface area contributed by atoms with Crippen molar-refractivity contribution < 1.29 is 8.97 Å². The van der Waals surface area contributed by atoms with E-state index in [1.165, 1.54) is 10.4 Å². The Morgan fingerprint density at radius 1 is 1.20 bits per heavy atom. The molecule has 1 aromatic carbocycles. The van der Waals surface area contributed by atoms with Gasteiger partial charge in [0.1, 0.15) is 22.3 Å². The number of hydrogen-bond acceptors (Lipinski definition) is 4. The summed E-state index contributed by atoms with van der Waals surface area (Å²) in [6.45, 7) is 16.3. The first-order valence-electron chi connectivity index (χ1n) is 9.60. The van der Waals surface area contributed by atoms with Crippen molar-refractivity contribution in [2.45, 2.75) is 46.3 Å². The fraction of sp³-hybridized carbons (Fsp3) is 0.292. The number of aryl methyl sites for hydroxylation is 2. The smallest absolute Gasteiger partial charge is 0.158 e. The first-order chi connectivity index (χ1) is 14.0. The SMILES string of the molecule is C=C(c1ccc(Cl)cc1)c1c(-c2c(C)coc2C=N[S+]([O-])C(C)(C)C)sc(C)c1C. The van der Waals surface area contributed by atoms with Crippen molar-refractivity contribution in [3.8, 4) is 10.4 Å². The fourth-order valence-corrected chi connectivity index (χ4v) is 5.00. The molecule has 30 heavy (non-hydrogen) atoms. The highest BCUT2D eigenvalue weighted by Crippen LogP contribution is 2.44. The third-order valence-corrected chi connectivity index (χ3v) is 7.72. The molecule has 0 aliphatic rings. The van der Waals surface area contributed by atoms with Gasteiger partial charge in [0.15, 0.2) is 5.76 Å². The quantitative estimate of drug-likeness (QED) is 0.292. The van der Waals surface area contributed by atoms with E-state index in [1.807, 2.05) is 52.0 Å². The Morgan fingerprint density at radius 3 is 2.43 bits per heavy atom. The first kappa shape index (κ1) is 22.9. The van der Waals surface area contributed by atoms with Gasteiger partial charge in [-0.1, -0.05) is 34.7 Å². The minimum Gasteiger partial charge on any atom is -0.591 e. The predicted octanol–water partition coefficient (Wildman–Crippen LogP) is 7.53. The van der Waals surface area contributed by atoms with E-state index in [2.05, 4.69) is 24.8 Å². The van der Waals surface area contributed by atoms with Gasteiger partial charge in [-0.25, -0.2) is 0 Å². The van der Waals surface area contributed by atoms with Gasteiger partial charge in [0.2, 0.25) is 0 Å². The highest BCUT2D eigenvalue weighted by atomic mass is 35.5. The Labute approximate surface area is 190 Å². The molecule has 3 rings (SSSR count). The molecule has 0 aliphatic heterocycles. The zero-order chi connectivity index (χ0) is 22.2. The Kier molecular flexibility index (Phi) is 6.68. The van der Waals surface area contributed by atoms with Gasteiger partial charge in [0.05, 0.1) is 6.26 Å². The number of halogens is 1. The van der Waals surface area contributed by atoms with Crippen molar-refractivity contribution in [2.75, 3.05) is 0 Å². The second kappa shape index (κ2) is 8.75. The number of nitrogens with zero attached hydrogens (tertiary/aromatic N) is 1. The monoisotopic (exact) mass is 459 g/mol. The van der Waals surface area contributed by atoms with Crippen LogP contribution in [0.3, 0.4) is 0 Å². The topological polar surface area (TPSA) is 48.6 Å². The molecule has 0 spiro atoms. The van der Waals surface area contributed by atoms with Crippen molar-refractivity contribution >= 4 is 46.1 Å². The van der Waals surface area contributed by atoms with Gasteiger partial charge in [0.25, 0.3) is 0 Å². The van der Waals surface area contributed by atoms with Crippen LogP contribution < -0.4 is 0 Å². The lowest BCUT2D eigenvalue weighted by atomic mass is 9.93. The summed E-state index contributed by atoms with van der Waals surface area (Å²) in [6, 6.07) is 7.72. The highest BCUT2D eigenvalue weighted by molar-refractivity contribution is 7.91. The lowest BCUT2D eigenvalue weighted by Gasteiger charge is -2.17. The van der Waals surface area contributed by atoms with Crippen LogP contribution in [0.5, 0.6) is 0 Å². The van der Waals surface area contributed by atoms with E-state index in [0.717, 1.165) is 32.7 Å². The maximum Gasteiger partial charge on any atom is 0.158 e. The molecule has 158 valence electrons. The van der Waals surface area contributed by atoms with Crippen molar-refractivity contribution in [3.05, 3.63) is 75.0 Å². The number of thiophene rings is 1. The first-order valence-corrected chi connectivity index (χ1v) is 11.9. The van der Waals surface area contributed by atoms with Gasteiger partial charge in [-0.15, -0.1) is 11.3 Å². The third kappa shape index (κ3) is 4.59. The average Bonchev–Trinajstić information content (AvgIpc) is 3.18. The number of rotatable bonds is 5. The molecular formula is C24H26ClNO2S2. The van der Waals surface area contributed by atoms with Gasteiger partial charge in [-0.3, -0.25) is 0 Å². The summed E-state index contributed by atoms with van der Waals surface area (Å²) in [4.78, 5) is 2.30. The molecule has 0 saturated heterocycles. The molecule has 0 radical (unpaired) electrons. The second-order valence-electron chi connectivity index (χ2n) is 8.23. The Hall–Kier alpha value is -1.79. The molecule has 0 N–H and O–H groups in total. The van der Waals surface area contributed by atoms with Crippen LogP contribution in [0.1, 0.15) is 53.7 Å². The van der Waals surface area contributed by atoms with E-state index in [1.54, 1.807) is 23.8 Å². The summed E-state index contributed by atoms with van der Waals surface area (Å²) in [5.74, 6) is 0.608. The zero-order valence-corrected chi connectivity index (χ0v) is 20.5. The Bertz CT molecular complexity index is 1100. The summed E-state index contributed by atoms with van der Waals surface area (Å²) in [5, 5.41) is 0.695. The third-order valence-electron chi connectivity index (χ3n) is 4.90. The van der Waals surface area contributed by atoms with Crippen LogP contribution >= 0.6 is 22.9 Å². The Morgan fingerprint density at radius 2 is 1.83 bits per heavy atom. The van der Waals surface area contributed by atoms with Crippen LogP contribution in [0.4, 0.5) is 0 Å². The largest absolute Gasteiger partial charge is 0.591 e. The molecule has 0 bridgehead atoms. The van der Waals surface area contributed by atoms with E-state index in [-0.39, 0.29) is 0 Å². The van der Waals surface area contributed by atoms with Crippen molar-refractivity contribution in [1.29, 1.82) is 0 Å². The van der Waals surface area contributed by atoms with Crippen molar-refractivity contribution in [1.82, 2.24) is 0 Å². The standard InChI is InChI=1S/C24H26ClNO2S2/c1-14-13-28-20(12-26-30(27)24(5,6)7)21(14)23-22(15(2)17(4)29-23)16(3)18-8-10-19(25)11-9-18/h8-13H,3H2,1-2,4-7H3. The summed E-state index contributed by atoms with van der Waals surface area (Å²) in [7, 11) is 0. The lowest BCUT2D eigenvalue weighted by Crippen LogP contribution is -2.25. The summed E-state index contributed by atoms with van der Waals surface area (Å²) < 4.78 is 22.0. The van der Waals surface area contributed by atoms with Crippen LogP contribution in [0.25, 0.3) is 16.0 Å². The number of benzene rings is 1. The van der Waals surface area contributed by atoms with Crippen LogP contribution in [0, 0.1) is 20.8 Å². The molecule has 1 unspecified atom stereocenters. The normalized spacial score (nSPS) is 13.2. The van der Waals surface area contributed by atoms with E-state index in [0.29, 0.717) is 10.8 Å². The molecule has 1 atom stereocenters. The van der Waals surface area contributed by atoms with Crippen molar-refractivity contribution in [2.24, 2.45) is 4.40 Å². The molecule has 3 nitrogen and oxygen atoms in total. The van der Waals surface area contributed by atoms with Crippen molar-refractivity contribution in [3.63, 3.8) is 0 Å². The number of furan rings is 1. The van der Waals surface area contributed by atoms with Gasteiger partial charge in [-0.2, -0.15) is 0 Å². The van der Waals surface area contributed by atoms with Gasteiger partial charge in [-0.05, 0) is 75.9 Å². The minimum atomic E-state index is -1.36. The Balaban J connectivity index is 2.11. The van der Waals surface area contributed by atoms with Gasteiger partial charge < -0.3 is 8.97 Å². The fourth-order valence-electron chi connectivity index (χ4n) is 3.07. The molecule has 0 fully saturated rings. The molecule has 2 heterocycles. The van der Waals surface area contributed by atoms with Crippen LogP contribution in [-0.2, 0) is 11.4 Å². The molecule has 3 aromatic rings. The number of hydrogen-bond donors (Lipinski definition) is 0. The lowest BCUT2D eigenvalue weighted by molar-refractivity contribution is 0.555. The highest BCUT2D eigenvalue weighted by Gasteiger charge is 2.27. The van der Waals surface area contributed by atoms with Gasteiger partial charge >= 0.3 is 0 Å². The van der Waals surface area contributed by atoms with Crippen LogP contribution in [0.15, 0.2) is 45.9 Å². The zero-order valence-electron chi connectivity index (χ0n) is 18.1. The second-order valence-corrected chi connectivity index (χ2v) is 11.8. The average molecular weight is 460 g/mol. The predicted molar refractivity (Wildman–Crippen MR) is 131 cm³/mol. The molecule has 0 saturated carbocycles. The van der Waals surface area contributed by atoms with Crippen LogP contribution in [-0.4, -0.2) is 15.5 Å².